The normalized spacial score (nSPS) is 10.3. The minimum Gasteiger partial charge on any atom is -0.455 e. The number of pyridine rings is 1. The quantitative estimate of drug-likeness (QED) is 0.378. The van der Waals surface area contributed by atoms with Crippen LogP contribution in [-0.4, -0.2) is 27.4 Å². The van der Waals surface area contributed by atoms with Crippen LogP contribution in [0, 0.1) is 18.8 Å². The van der Waals surface area contributed by atoms with Crippen molar-refractivity contribution in [2.24, 2.45) is 0 Å². The summed E-state index contributed by atoms with van der Waals surface area (Å²) < 4.78 is 5.92. The largest absolute Gasteiger partial charge is 0.455 e. The average Bonchev–Trinajstić information content (AvgIpc) is 2.85. The Morgan fingerprint density at radius 1 is 1.12 bits per heavy atom. The fourth-order valence-corrected chi connectivity index (χ4v) is 3.35. The van der Waals surface area contributed by atoms with Gasteiger partial charge in [0, 0.05) is 29.3 Å². The van der Waals surface area contributed by atoms with Crippen molar-refractivity contribution in [3.8, 4) is 23.3 Å². The zero-order valence-electron chi connectivity index (χ0n) is 19.1. The van der Waals surface area contributed by atoms with Crippen molar-refractivity contribution in [3.05, 3.63) is 78.4 Å². The van der Waals surface area contributed by atoms with E-state index in [4.69, 9.17) is 4.74 Å². The summed E-state index contributed by atoms with van der Waals surface area (Å²) in [6.07, 6.45) is 6.25. The van der Waals surface area contributed by atoms with Crippen LogP contribution in [0.5, 0.6) is 11.5 Å². The highest BCUT2D eigenvalue weighted by molar-refractivity contribution is 5.91. The van der Waals surface area contributed by atoms with E-state index in [1.807, 2.05) is 62.4 Å². The van der Waals surface area contributed by atoms with Crippen LogP contribution in [0.15, 0.2) is 67.3 Å². The minimum atomic E-state index is 0.0161. The van der Waals surface area contributed by atoms with Gasteiger partial charge in [-0.25, -0.2) is 9.97 Å². The number of fused-ring (bicyclic) bond motifs is 1. The zero-order chi connectivity index (χ0) is 23.8. The maximum Gasteiger partial charge on any atom is 0.220 e. The van der Waals surface area contributed by atoms with Crippen LogP contribution in [-0.2, 0) is 4.79 Å². The smallest absolute Gasteiger partial charge is 0.220 e. The van der Waals surface area contributed by atoms with Crippen LogP contribution >= 0.6 is 0 Å². The number of benzene rings is 2. The van der Waals surface area contributed by atoms with E-state index in [-0.39, 0.29) is 5.91 Å². The van der Waals surface area contributed by atoms with Crippen LogP contribution in [0.2, 0.25) is 0 Å². The molecule has 0 radical (unpaired) electrons. The Bertz CT molecular complexity index is 1360. The Labute approximate surface area is 198 Å². The molecule has 4 rings (SSSR count). The van der Waals surface area contributed by atoms with E-state index in [0.717, 1.165) is 39.9 Å². The molecular weight excluding hydrogens is 426 g/mol. The summed E-state index contributed by atoms with van der Waals surface area (Å²) in [6.45, 7) is 4.28. The fraction of sp³-hybridized carbons (Fsp3) is 0.185. The molecular formula is C27H25N5O2. The number of anilines is 2. The molecule has 0 saturated carbocycles. The molecule has 0 unspecified atom stereocenters. The highest BCUT2D eigenvalue weighted by Gasteiger charge is 2.08. The molecule has 0 aliphatic heterocycles. The van der Waals surface area contributed by atoms with E-state index in [1.54, 1.807) is 12.4 Å². The molecule has 0 aliphatic rings. The molecule has 2 heterocycles. The van der Waals surface area contributed by atoms with Crippen LogP contribution in [0.25, 0.3) is 10.9 Å². The average molecular weight is 452 g/mol. The van der Waals surface area contributed by atoms with Crippen molar-refractivity contribution in [1.82, 2.24) is 20.3 Å². The molecule has 2 aromatic heterocycles. The van der Waals surface area contributed by atoms with Gasteiger partial charge in [0.2, 0.25) is 5.91 Å². The van der Waals surface area contributed by atoms with Crippen LogP contribution in [0.4, 0.5) is 11.5 Å². The summed E-state index contributed by atoms with van der Waals surface area (Å²) in [4.78, 5) is 24.4. The topological polar surface area (TPSA) is 89.0 Å². The van der Waals surface area contributed by atoms with Gasteiger partial charge >= 0.3 is 0 Å². The molecule has 4 aromatic rings. The number of ether oxygens (including phenoxy) is 1. The van der Waals surface area contributed by atoms with Gasteiger partial charge in [0.25, 0.3) is 0 Å². The number of aromatic nitrogens is 3. The van der Waals surface area contributed by atoms with E-state index in [1.165, 1.54) is 6.33 Å². The van der Waals surface area contributed by atoms with E-state index in [2.05, 4.69) is 37.4 Å². The first kappa shape index (κ1) is 22.7. The molecule has 1 amide bonds. The number of aryl methyl sites for hydroxylation is 1. The van der Waals surface area contributed by atoms with Gasteiger partial charge in [-0.05, 0) is 67.4 Å². The Hall–Kier alpha value is -4.44. The van der Waals surface area contributed by atoms with Gasteiger partial charge in [-0.15, -0.1) is 0 Å². The lowest BCUT2D eigenvalue weighted by atomic mass is 10.1. The summed E-state index contributed by atoms with van der Waals surface area (Å²) >= 11 is 0. The molecule has 0 saturated heterocycles. The lowest BCUT2D eigenvalue weighted by Gasteiger charge is -2.12. The van der Waals surface area contributed by atoms with Crippen molar-refractivity contribution < 1.29 is 9.53 Å². The maximum atomic E-state index is 11.6. The highest BCUT2D eigenvalue weighted by Crippen LogP contribution is 2.29. The van der Waals surface area contributed by atoms with E-state index < -0.39 is 0 Å². The van der Waals surface area contributed by atoms with Gasteiger partial charge < -0.3 is 15.4 Å². The SMILES string of the molecule is CCCC(=O)NCC#Cc1ccc2ncnc(Nc3ccc(Oc4cccnc4)c(C)c3)c2c1. The Balaban J connectivity index is 1.51. The van der Waals surface area contributed by atoms with E-state index in [9.17, 15) is 4.79 Å². The van der Waals surface area contributed by atoms with Gasteiger partial charge in [-0.2, -0.15) is 0 Å². The molecule has 7 nitrogen and oxygen atoms in total. The Kier molecular flexibility index (Phi) is 7.31. The van der Waals surface area contributed by atoms with Crippen LogP contribution < -0.4 is 15.4 Å². The first-order chi connectivity index (χ1) is 16.6. The van der Waals surface area contributed by atoms with Crippen molar-refractivity contribution in [1.29, 1.82) is 0 Å². The monoisotopic (exact) mass is 451 g/mol. The molecule has 34 heavy (non-hydrogen) atoms. The number of nitrogens with one attached hydrogen (secondary N) is 2. The molecule has 0 aliphatic carbocycles. The van der Waals surface area contributed by atoms with Crippen molar-refractivity contribution in [2.75, 3.05) is 11.9 Å². The third kappa shape index (κ3) is 5.87. The second-order valence-electron chi connectivity index (χ2n) is 7.68. The fourth-order valence-electron chi connectivity index (χ4n) is 3.35. The van der Waals surface area contributed by atoms with Crippen molar-refractivity contribution >= 4 is 28.3 Å². The van der Waals surface area contributed by atoms with Crippen LogP contribution in [0.3, 0.4) is 0 Å². The third-order valence-corrected chi connectivity index (χ3v) is 5.02. The lowest BCUT2D eigenvalue weighted by molar-refractivity contribution is -0.120. The predicted molar refractivity (Wildman–Crippen MR) is 133 cm³/mol. The summed E-state index contributed by atoms with van der Waals surface area (Å²) in [5.41, 5.74) is 3.49. The summed E-state index contributed by atoms with van der Waals surface area (Å²) in [7, 11) is 0. The Morgan fingerprint density at radius 3 is 2.82 bits per heavy atom. The van der Waals surface area contributed by atoms with Gasteiger partial charge in [0.15, 0.2) is 0 Å². The summed E-state index contributed by atoms with van der Waals surface area (Å²) in [5, 5.41) is 7.03. The molecule has 0 bridgehead atoms. The number of hydrogen-bond donors (Lipinski definition) is 2. The van der Waals surface area contributed by atoms with Crippen molar-refractivity contribution in [2.45, 2.75) is 26.7 Å². The molecule has 7 heteroatoms. The lowest BCUT2D eigenvalue weighted by Crippen LogP contribution is -2.22. The minimum absolute atomic E-state index is 0.0161. The Morgan fingerprint density at radius 2 is 2.03 bits per heavy atom. The first-order valence-corrected chi connectivity index (χ1v) is 11.1. The number of carbonyl (C=O) groups excluding carboxylic acids is 1. The van der Waals surface area contributed by atoms with Gasteiger partial charge in [0.05, 0.1) is 18.3 Å². The number of hydrogen-bond acceptors (Lipinski definition) is 6. The van der Waals surface area contributed by atoms with Crippen LogP contribution in [0.1, 0.15) is 30.9 Å². The molecule has 0 spiro atoms. The summed E-state index contributed by atoms with van der Waals surface area (Å²) in [6, 6.07) is 15.3. The molecule has 170 valence electrons. The highest BCUT2D eigenvalue weighted by atomic mass is 16.5. The maximum absolute atomic E-state index is 11.6. The van der Waals surface area contributed by atoms with Gasteiger partial charge in [-0.1, -0.05) is 18.8 Å². The van der Waals surface area contributed by atoms with Gasteiger partial charge in [0.1, 0.15) is 23.6 Å². The molecule has 0 atom stereocenters. The standard InChI is InChI=1S/C27H25N5O2/c1-3-6-26(33)29-14-4-7-20-9-11-24-23(16-20)27(31-18-30-24)32-21-10-12-25(19(2)15-21)34-22-8-5-13-28-17-22/h5,8-13,15-18H,3,6,14H2,1-2H3,(H,29,33)(H,30,31,32). The number of nitrogens with zero attached hydrogens (tertiary/aromatic N) is 3. The van der Waals surface area contributed by atoms with Gasteiger partial charge in [-0.3, -0.25) is 9.78 Å². The van der Waals surface area contributed by atoms with Crippen molar-refractivity contribution in [3.63, 3.8) is 0 Å². The third-order valence-electron chi connectivity index (χ3n) is 5.02. The molecule has 2 N–H and O–H groups in total. The van der Waals surface area contributed by atoms with E-state index in [0.29, 0.717) is 24.5 Å². The zero-order valence-corrected chi connectivity index (χ0v) is 19.1. The second-order valence-corrected chi connectivity index (χ2v) is 7.68. The number of carbonyl (C=O) groups is 1. The second kappa shape index (κ2) is 10.9. The first-order valence-electron chi connectivity index (χ1n) is 11.1. The van der Waals surface area contributed by atoms with E-state index >= 15 is 0 Å². The number of rotatable bonds is 7. The summed E-state index contributed by atoms with van der Waals surface area (Å²) in [5.74, 6) is 8.24. The number of amides is 1. The molecule has 2 aromatic carbocycles. The molecule has 0 fully saturated rings. The predicted octanol–water partition coefficient (Wildman–Crippen LogP) is 5.14.